The molecular formula is C22H15BrClN3O. The van der Waals surface area contributed by atoms with Crippen molar-refractivity contribution in [2.45, 2.75) is 0 Å². The second-order valence-corrected chi connectivity index (χ2v) is 7.47. The molecule has 0 atom stereocenters. The second-order valence-electron chi connectivity index (χ2n) is 6.15. The van der Waals surface area contributed by atoms with Gasteiger partial charge >= 0.3 is 0 Å². The summed E-state index contributed by atoms with van der Waals surface area (Å²) in [7, 11) is 0. The maximum Gasteiger partial charge on any atom is 0.288 e. The minimum Gasteiger partial charge on any atom is -0.350 e. The summed E-state index contributed by atoms with van der Waals surface area (Å²) < 4.78 is 0.983. The zero-order chi connectivity index (χ0) is 19.5. The SMILES string of the molecule is O=C(N/N=C\c1ccc(Br)cc1)c1[nH]c2ccccc2c1-c1ccccc1Cl. The number of nitrogens with zero attached hydrogens (tertiary/aromatic N) is 1. The van der Waals surface area contributed by atoms with Crippen LogP contribution in [0, 0.1) is 0 Å². The zero-order valence-corrected chi connectivity index (χ0v) is 17.0. The summed E-state index contributed by atoms with van der Waals surface area (Å²) in [6, 6.07) is 22.9. The number of amides is 1. The van der Waals surface area contributed by atoms with E-state index in [-0.39, 0.29) is 5.91 Å². The number of fused-ring (bicyclic) bond motifs is 1. The highest BCUT2D eigenvalue weighted by molar-refractivity contribution is 9.10. The quantitative estimate of drug-likeness (QED) is 0.289. The first-order chi connectivity index (χ1) is 13.6. The Kier molecular flexibility index (Phi) is 5.28. The monoisotopic (exact) mass is 451 g/mol. The van der Waals surface area contributed by atoms with Crippen molar-refractivity contribution >= 4 is 50.6 Å². The smallest absolute Gasteiger partial charge is 0.288 e. The number of rotatable bonds is 4. The second kappa shape index (κ2) is 8.00. The number of aromatic nitrogens is 1. The molecule has 0 fully saturated rings. The number of hydrogen-bond acceptors (Lipinski definition) is 2. The van der Waals surface area contributed by atoms with Gasteiger partial charge in [-0.2, -0.15) is 5.10 Å². The zero-order valence-electron chi connectivity index (χ0n) is 14.6. The normalized spacial score (nSPS) is 11.2. The van der Waals surface area contributed by atoms with E-state index in [1.165, 1.54) is 0 Å². The molecule has 138 valence electrons. The highest BCUT2D eigenvalue weighted by Gasteiger charge is 2.20. The number of H-pyrrole nitrogens is 1. The highest BCUT2D eigenvalue weighted by atomic mass is 79.9. The fourth-order valence-corrected chi connectivity index (χ4v) is 3.52. The molecule has 1 aromatic heterocycles. The van der Waals surface area contributed by atoms with Crippen LogP contribution in [-0.4, -0.2) is 17.1 Å². The van der Waals surface area contributed by atoms with Gasteiger partial charge in [-0.15, -0.1) is 0 Å². The minimum absolute atomic E-state index is 0.334. The van der Waals surface area contributed by atoms with E-state index in [1.54, 1.807) is 6.21 Å². The topological polar surface area (TPSA) is 57.2 Å². The van der Waals surface area contributed by atoms with Gasteiger partial charge in [0.15, 0.2) is 0 Å². The summed E-state index contributed by atoms with van der Waals surface area (Å²) >= 11 is 9.80. The maximum absolute atomic E-state index is 12.9. The number of para-hydroxylation sites is 1. The average molecular weight is 453 g/mol. The van der Waals surface area contributed by atoms with Gasteiger partial charge in [0, 0.05) is 31.5 Å². The molecule has 0 aliphatic carbocycles. The van der Waals surface area contributed by atoms with Crippen molar-refractivity contribution in [1.29, 1.82) is 0 Å². The van der Waals surface area contributed by atoms with Crippen LogP contribution in [0.15, 0.2) is 82.4 Å². The average Bonchev–Trinajstić information content (AvgIpc) is 3.09. The molecule has 4 nitrogen and oxygen atoms in total. The molecule has 3 aromatic carbocycles. The maximum atomic E-state index is 12.9. The number of halogens is 2. The van der Waals surface area contributed by atoms with Crippen molar-refractivity contribution < 1.29 is 4.79 Å². The molecular weight excluding hydrogens is 438 g/mol. The van der Waals surface area contributed by atoms with Gasteiger partial charge in [0.05, 0.1) is 6.21 Å². The molecule has 1 heterocycles. The first-order valence-corrected chi connectivity index (χ1v) is 9.75. The Balaban J connectivity index is 1.70. The number of nitrogens with one attached hydrogen (secondary N) is 2. The van der Waals surface area contributed by atoms with E-state index in [9.17, 15) is 4.79 Å². The highest BCUT2D eigenvalue weighted by Crippen LogP contribution is 2.36. The number of hydrogen-bond donors (Lipinski definition) is 2. The van der Waals surface area contributed by atoms with E-state index < -0.39 is 0 Å². The van der Waals surface area contributed by atoms with Gasteiger partial charge in [0.1, 0.15) is 5.69 Å². The summed E-state index contributed by atoms with van der Waals surface area (Å²) in [5.41, 5.74) is 6.31. The number of benzene rings is 3. The molecule has 0 saturated heterocycles. The summed E-state index contributed by atoms with van der Waals surface area (Å²) in [5, 5.41) is 5.59. The van der Waals surface area contributed by atoms with Crippen molar-refractivity contribution in [3.8, 4) is 11.1 Å². The molecule has 2 N–H and O–H groups in total. The van der Waals surface area contributed by atoms with Crippen LogP contribution in [-0.2, 0) is 0 Å². The first-order valence-electron chi connectivity index (χ1n) is 8.58. The Morgan fingerprint density at radius 1 is 1.00 bits per heavy atom. The number of hydrazone groups is 1. The molecule has 4 rings (SSSR count). The summed E-state index contributed by atoms with van der Waals surface area (Å²) in [4.78, 5) is 16.1. The molecule has 0 unspecified atom stereocenters. The molecule has 0 aliphatic rings. The lowest BCUT2D eigenvalue weighted by Gasteiger charge is -2.06. The Hall–Kier alpha value is -2.89. The fourth-order valence-electron chi connectivity index (χ4n) is 3.03. The third-order valence-corrected chi connectivity index (χ3v) is 5.18. The van der Waals surface area contributed by atoms with Crippen LogP contribution in [0.25, 0.3) is 22.0 Å². The summed E-state index contributed by atoms with van der Waals surface area (Å²) in [6.45, 7) is 0. The Bertz CT molecular complexity index is 1180. The van der Waals surface area contributed by atoms with Crippen molar-refractivity contribution in [2.24, 2.45) is 5.10 Å². The summed E-state index contributed by atoms with van der Waals surface area (Å²) in [6.07, 6.45) is 1.60. The van der Waals surface area contributed by atoms with Gasteiger partial charge in [-0.25, -0.2) is 5.43 Å². The Morgan fingerprint density at radius 3 is 2.50 bits per heavy atom. The van der Waals surface area contributed by atoms with Gasteiger partial charge in [0.25, 0.3) is 5.91 Å². The molecule has 0 spiro atoms. The van der Waals surface area contributed by atoms with E-state index in [0.717, 1.165) is 32.1 Å². The van der Waals surface area contributed by atoms with Crippen LogP contribution in [0.1, 0.15) is 16.1 Å². The number of aromatic amines is 1. The van der Waals surface area contributed by atoms with Crippen molar-refractivity contribution in [3.05, 3.63) is 93.5 Å². The first kappa shape index (κ1) is 18.5. The third kappa shape index (κ3) is 3.72. The van der Waals surface area contributed by atoms with Crippen molar-refractivity contribution in [1.82, 2.24) is 10.4 Å². The lowest BCUT2D eigenvalue weighted by molar-refractivity contribution is 0.0951. The lowest BCUT2D eigenvalue weighted by Crippen LogP contribution is -2.18. The van der Waals surface area contributed by atoms with Crippen LogP contribution in [0.4, 0.5) is 0 Å². The Morgan fingerprint density at radius 2 is 1.71 bits per heavy atom. The predicted octanol–water partition coefficient (Wildman–Crippen LogP) is 6.01. The van der Waals surface area contributed by atoms with Crippen LogP contribution in [0.5, 0.6) is 0 Å². The third-order valence-electron chi connectivity index (χ3n) is 4.33. The molecule has 1 amide bonds. The van der Waals surface area contributed by atoms with Crippen LogP contribution < -0.4 is 5.43 Å². The lowest BCUT2D eigenvalue weighted by atomic mass is 10.0. The predicted molar refractivity (Wildman–Crippen MR) is 118 cm³/mol. The fraction of sp³-hybridized carbons (Fsp3) is 0. The van der Waals surface area contributed by atoms with E-state index in [0.29, 0.717) is 10.7 Å². The van der Waals surface area contributed by atoms with Crippen LogP contribution >= 0.6 is 27.5 Å². The largest absolute Gasteiger partial charge is 0.350 e. The van der Waals surface area contributed by atoms with Gasteiger partial charge in [0.2, 0.25) is 0 Å². The standard InChI is InChI=1S/C22H15BrClN3O/c23-15-11-9-14(10-12-15)13-25-27-22(28)21-20(16-5-1-3-7-18(16)24)17-6-2-4-8-19(17)26-21/h1-13,26H,(H,27,28)/b25-13-. The molecule has 4 aromatic rings. The van der Waals surface area contributed by atoms with E-state index in [2.05, 4.69) is 31.4 Å². The Labute approximate surface area is 175 Å². The van der Waals surface area contributed by atoms with Crippen LogP contribution in [0.2, 0.25) is 5.02 Å². The molecule has 0 saturated carbocycles. The number of carbonyl (C=O) groups is 1. The van der Waals surface area contributed by atoms with E-state index in [4.69, 9.17) is 11.6 Å². The van der Waals surface area contributed by atoms with E-state index in [1.807, 2.05) is 72.8 Å². The molecule has 6 heteroatoms. The van der Waals surface area contributed by atoms with E-state index >= 15 is 0 Å². The van der Waals surface area contributed by atoms with Gasteiger partial charge in [-0.05, 0) is 29.8 Å². The van der Waals surface area contributed by atoms with Crippen LogP contribution in [0.3, 0.4) is 0 Å². The van der Waals surface area contributed by atoms with Crippen molar-refractivity contribution in [3.63, 3.8) is 0 Å². The van der Waals surface area contributed by atoms with Gasteiger partial charge in [-0.3, -0.25) is 4.79 Å². The molecule has 0 bridgehead atoms. The van der Waals surface area contributed by atoms with Crippen molar-refractivity contribution in [2.75, 3.05) is 0 Å². The molecule has 0 aliphatic heterocycles. The minimum atomic E-state index is -0.334. The summed E-state index contributed by atoms with van der Waals surface area (Å²) in [5.74, 6) is -0.334. The van der Waals surface area contributed by atoms with Gasteiger partial charge < -0.3 is 4.98 Å². The molecule has 0 radical (unpaired) electrons. The molecule has 28 heavy (non-hydrogen) atoms. The number of carbonyl (C=O) groups excluding carboxylic acids is 1. The van der Waals surface area contributed by atoms with Gasteiger partial charge in [-0.1, -0.05) is 76.1 Å².